The predicted octanol–water partition coefficient (Wildman–Crippen LogP) is 12.0. The Hall–Kier alpha value is -10.8. The van der Waals surface area contributed by atoms with E-state index in [1.54, 1.807) is 23.0 Å². The number of hydrogen-bond acceptors (Lipinski definition) is 6. The van der Waals surface area contributed by atoms with E-state index >= 15 is 0 Å². The minimum absolute atomic E-state index is 0.375. The molecule has 16 heteroatoms. The van der Waals surface area contributed by atoms with Crippen molar-refractivity contribution in [3.05, 3.63) is 223 Å². The summed E-state index contributed by atoms with van der Waals surface area (Å²) < 4.78 is 76.5. The molecule has 0 unspecified atom stereocenters. The van der Waals surface area contributed by atoms with E-state index in [2.05, 4.69) is 188 Å². The molecule has 0 aliphatic carbocycles. The van der Waals surface area contributed by atoms with Crippen molar-refractivity contribution >= 4 is 98.1 Å². The second kappa shape index (κ2) is 18.6. The van der Waals surface area contributed by atoms with Crippen molar-refractivity contribution in [2.75, 3.05) is 0 Å². The first-order chi connectivity index (χ1) is 45.2. The number of para-hydroxylation sites is 1. The standard InChI is InChI=1S/C22H17N4.C17H15N4.C16H12N3O.C16H12N3S/c1-24-20-18-11-12-23-13-19(18)26(16-8-3-2-4-9-16)22(20)25-14-15-7-5-6-10-17(15)21(24)25;1-19-14-9-18-8-7-13(14)15-17(19)21-10-11-5-3-4-6-12(11)16(21)20(15)2;2*1-18-14-12-6-7-17-8-13(12)20-16(14)19-9-10-4-2-3-5-11(10)15(18)19/h2-13H,14H2,1H3;3-9H,10H2,1-2H3;2*2-8H,9H2,1H3/q4*+1/i;1D3,2D3;;. The van der Waals surface area contributed by atoms with Gasteiger partial charge in [0.15, 0.2) is 22.1 Å². The molecule has 17 aromatic rings. The molecule has 0 saturated carbocycles. The summed E-state index contributed by atoms with van der Waals surface area (Å²) in [5.41, 5.74) is 20.1. The largest absolute Gasteiger partial charge is 0.417 e. The van der Waals surface area contributed by atoms with E-state index in [0.717, 1.165) is 64.2 Å². The lowest BCUT2D eigenvalue weighted by molar-refractivity contribution is -0.652. The van der Waals surface area contributed by atoms with Crippen LogP contribution in [0, 0.1) is 0 Å². The van der Waals surface area contributed by atoms with Crippen LogP contribution in [0.1, 0.15) is 30.5 Å². The minimum Gasteiger partial charge on any atom is -0.417 e. The molecule has 0 spiro atoms. The molecular formula is C71H56N14OS+4. The number of aryl methyl sites for hydroxylation is 5. The van der Waals surface area contributed by atoms with Gasteiger partial charge in [0, 0.05) is 58.6 Å². The average Bonchev–Trinajstić information content (AvgIpc) is 1.55. The van der Waals surface area contributed by atoms with Crippen LogP contribution < -0.4 is 18.3 Å². The van der Waals surface area contributed by atoms with Gasteiger partial charge in [-0.05, 0) is 60.7 Å². The van der Waals surface area contributed by atoms with Crippen molar-refractivity contribution in [3.8, 4) is 51.2 Å². The summed E-state index contributed by atoms with van der Waals surface area (Å²) >= 11 is 1.84. The Labute approximate surface area is 510 Å². The first-order valence-electron chi connectivity index (χ1n) is 31.9. The molecule has 0 amide bonds. The first kappa shape index (κ1) is 43.8. The quantitative estimate of drug-likeness (QED) is 0.152. The van der Waals surface area contributed by atoms with Crippen molar-refractivity contribution in [1.82, 2.24) is 47.3 Å². The highest BCUT2D eigenvalue weighted by molar-refractivity contribution is 7.25. The lowest BCUT2D eigenvalue weighted by Crippen LogP contribution is -2.33. The Balaban J connectivity index is 0.0000000920. The number of pyridine rings is 4. The van der Waals surface area contributed by atoms with E-state index in [1.807, 2.05) is 72.7 Å². The van der Waals surface area contributed by atoms with Crippen LogP contribution in [0.4, 0.5) is 0 Å². The monoisotopic (exact) mass is 1160 g/mol. The van der Waals surface area contributed by atoms with E-state index in [-0.39, 0.29) is 0 Å². The first-order valence-corrected chi connectivity index (χ1v) is 29.7. The van der Waals surface area contributed by atoms with Gasteiger partial charge in [0.05, 0.1) is 118 Å². The van der Waals surface area contributed by atoms with Gasteiger partial charge in [-0.1, -0.05) is 102 Å². The molecule has 0 radical (unpaired) electrons. The van der Waals surface area contributed by atoms with Crippen LogP contribution in [0.15, 0.2) is 206 Å². The minimum atomic E-state index is -2.47. The summed E-state index contributed by atoms with van der Waals surface area (Å²) in [6.07, 6.45) is 14.3. The Bertz CT molecular complexity index is 5830. The smallest absolute Gasteiger partial charge is 0.339 e. The highest BCUT2D eigenvalue weighted by atomic mass is 32.1. The molecule has 0 saturated heterocycles. The molecule has 21 rings (SSSR count). The molecule has 0 atom stereocenters. The highest BCUT2D eigenvalue weighted by Gasteiger charge is 2.39. The summed E-state index contributed by atoms with van der Waals surface area (Å²) in [5.74, 6) is 4.31. The second-order valence-electron chi connectivity index (χ2n) is 22.7. The number of thiophene rings is 1. The van der Waals surface area contributed by atoms with Crippen molar-refractivity contribution in [3.63, 3.8) is 0 Å². The molecule has 0 bridgehead atoms. The predicted molar refractivity (Wildman–Crippen MR) is 340 cm³/mol. The van der Waals surface area contributed by atoms with E-state index in [0.29, 0.717) is 34.4 Å². The number of nitrogens with zero attached hydrogens (tertiary/aromatic N) is 14. The summed E-state index contributed by atoms with van der Waals surface area (Å²) in [6, 6.07) is 52.0. The van der Waals surface area contributed by atoms with Crippen LogP contribution in [-0.2, 0) is 61.3 Å². The highest BCUT2D eigenvalue weighted by Crippen LogP contribution is 2.41. The van der Waals surface area contributed by atoms with Crippen molar-refractivity contribution in [1.29, 1.82) is 0 Å². The summed E-state index contributed by atoms with van der Waals surface area (Å²) in [5, 5.41) is 4.23. The lowest BCUT2D eigenvalue weighted by atomic mass is 10.1. The van der Waals surface area contributed by atoms with Crippen LogP contribution >= 0.6 is 11.3 Å². The molecule has 15 nitrogen and oxygen atoms in total. The summed E-state index contributed by atoms with van der Waals surface area (Å²) in [4.78, 5) is 18.2. The Morgan fingerprint density at radius 2 is 0.874 bits per heavy atom. The van der Waals surface area contributed by atoms with Gasteiger partial charge in [-0.2, -0.15) is 4.57 Å². The van der Waals surface area contributed by atoms with Crippen molar-refractivity contribution < 1.29 is 30.9 Å². The number of benzene rings is 5. The van der Waals surface area contributed by atoms with Gasteiger partial charge < -0.3 is 4.42 Å². The van der Waals surface area contributed by atoms with Gasteiger partial charge in [-0.25, -0.2) is 27.4 Å². The Kier molecular flexibility index (Phi) is 9.34. The zero-order valence-corrected chi connectivity index (χ0v) is 48.3. The molecular weight excluding hydrogens is 1100 g/mol. The van der Waals surface area contributed by atoms with Crippen LogP contribution in [0.3, 0.4) is 0 Å². The van der Waals surface area contributed by atoms with E-state index < -0.39 is 14.0 Å². The number of hydrogen-bond donors (Lipinski definition) is 0. The zero-order chi connectivity index (χ0) is 62.9. The second-order valence-corrected chi connectivity index (χ2v) is 23.7. The molecule has 4 aliphatic rings. The normalized spacial score (nSPS) is 14.2. The molecule has 0 N–H and O–H groups in total. The van der Waals surface area contributed by atoms with Gasteiger partial charge in [-0.15, -0.1) is 0 Å². The van der Waals surface area contributed by atoms with Gasteiger partial charge >= 0.3 is 5.71 Å². The van der Waals surface area contributed by atoms with Crippen molar-refractivity contribution in [2.24, 2.45) is 35.1 Å². The maximum absolute atomic E-state index is 8.14. The lowest BCUT2D eigenvalue weighted by Gasteiger charge is -2.03. The van der Waals surface area contributed by atoms with Gasteiger partial charge in [0.25, 0.3) is 22.9 Å². The van der Waals surface area contributed by atoms with Crippen LogP contribution in [0.25, 0.3) is 138 Å². The molecule has 87 heavy (non-hydrogen) atoms. The molecule has 16 heterocycles. The average molecular weight is 1160 g/mol. The number of imidazole rings is 4. The number of aromatic nitrogens is 14. The van der Waals surface area contributed by atoms with Gasteiger partial charge in [-0.3, -0.25) is 33.6 Å². The van der Waals surface area contributed by atoms with Gasteiger partial charge in [0.1, 0.15) is 29.8 Å². The zero-order valence-electron chi connectivity index (χ0n) is 53.5. The van der Waals surface area contributed by atoms with E-state index in [4.69, 9.17) is 12.6 Å². The summed E-state index contributed by atoms with van der Waals surface area (Å²) in [6.45, 7) is -1.77. The molecule has 4 aliphatic heterocycles. The van der Waals surface area contributed by atoms with Crippen LogP contribution in [0.5, 0.6) is 0 Å². The fourth-order valence-corrected chi connectivity index (χ4v) is 15.7. The third-order valence-corrected chi connectivity index (χ3v) is 19.3. The topological polar surface area (TPSA) is 110 Å². The van der Waals surface area contributed by atoms with E-state index in [9.17, 15) is 0 Å². The fourth-order valence-electron chi connectivity index (χ4n) is 14.5. The molecule has 12 aromatic heterocycles. The maximum atomic E-state index is 8.14. The molecule has 0 fully saturated rings. The van der Waals surface area contributed by atoms with Crippen LogP contribution in [-0.4, -0.2) is 47.3 Å². The molecule has 418 valence electrons. The summed E-state index contributed by atoms with van der Waals surface area (Å²) in [7, 11) is 6.44. The fraction of sp³-hybridized carbons (Fsp3) is 0.127. The van der Waals surface area contributed by atoms with Crippen LogP contribution in [0.2, 0.25) is 0 Å². The maximum Gasteiger partial charge on any atom is 0.339 e. The Morgan fingerprint density at radius 3 is 1.52 bits per heavy atom. The number of rotatable bonds is 1. The number of furan rings is 1. The van der Waals surface area contributed by atoms with E-state index in [1.165, 1.54) is 103 Å². The molecule has 5 aromatic carbocycles. The van der Waals surface area contributed by atoms with Crippen molar-refractivity contribution in [2.45, 2.75) is 26.2 Å². The third kappa shape index (κ3) is 6.92. The third-order valence-electron chi connectivity index (χ3n) is 18.1. The number of fused-ring (bicyclic) bond motifs is 28. The van der Waals surface area contributed by atoms with Gasteiger partial charge in [0.2, 0.25) is 22.0 Å². The SMILES string of the molecule is Cn1c2[n+](c3c1c1ccncc1n3-c1ccccc1)Cc1ccccc1-2.Cn1c2[n+](c3oc4cnccc4c31)Cc1ccccc1-2.Cn1c2[n+](c3sc4cnccc4c31)Cc1ccccc1-2.[2H]C([2H])([2H])n1c2[n+](c3c1c1ccncc1n3C([2H])([2H])[2H])Cc1ccccc1-2. The Morgan fingerprint density at radius 1 is 0.414 bits per heavy atom.